The van der Waals surface area contributed by atoms with Gasteiger partial charge in [0, 0.05) is 4.88 Å². The summed E-state index contributed by atoms with van der Waals surface area (Å²) in [5, 5.41) is 12.1. The number of aliphatic carboxylic acids is 1. The average Bonchev–Trinajstić information content (AvgIpc) is 3.02. The van der Waals surface area contributed by atoms with Crippen molar-refractivity contribution >= 4 is 28.9 Å². The predicted molar refractivity (Wildman–Crippen MR) is 95.0 cm³/mol. The molecule has 1 aliphatic carbocycles. The second-order valence-electron chi connectivity index (χ2n) is 6.55. The highest BCUT2D eigenvalue weighted by molar-refractivity contribution is 7.18. The van der Waals surface area contributed by atoms with Gasteiger partial charge in [0.1, 0.15) is 10.4 Å². The lowest BCUT2D eigenvalue weighted by molar-refractivity contribution is -0.145. The van der Waals surface area contributed by atoms with Crippen LogP contribution in [-0.2, 0) is 4.79 Å². The number of carboxylic acid groups (broad SMARTS) is 1. The summed E-state index contributed by atoms with van der Waals surface area (Å²) in [6.07, 6.45) is 2.91. The molecule has 0 unspecified atom stereocenters. The molecule has 1 aromatic carbocycles. The van der Waals surface area contributed by atoms with Crippen molar-refractivity contribution < 1.29 is 27.9 Å². The molecule has 3 rings (SSSR count). The zero-order chi connectivity index (χ0) is 19.8. The van der Waals surface area contributed by atoms with Gasteiger partial charge in [-0.2, -0.15) is 0 Å². The maximum absolute atomic E-state index is 13.5. The Kier molecular flexibility index (Phi) is 5.14. The summed E-state index contributed by atoms with van der Waals surface area (Å²) in [6, 6.07) is 2.97. The Labute approximate surface area is 157 Å². The van der Waals surface area contributed by atoms with Crippen LogP contribution in [0.3, 0.4) is 0 Å². The number of hydrogen-bond acceptors (Lipinski definition) is 4. The monoisotopic (exact) mass is 398 g/mol. The summed E-state index contributed by atoms with van der Waals surface area (Å²) in [6.45, 7) is 0. The number of carbonyl (C=O) groups is 2. The number of thiophene rings is 1. The van der Waals surface area contributed by atoms with Crippen molar-refractivity contribution in [2.75, 3.05) is 5.73 Å². The van der Waals surface area contributed by atoms with E-state index < -0.39 is 34.9 Å². The van der Waals surface area contributed by atoms with E-state index in [-0.39, 0.29) is 21.0 Å². The molecule has 0 atom stereocenters. The largest absolute Gasteiger partial charge is 0.480 e. The van der Waals surface area contributed by atoms with Gasteiger partial charge in [0.2, 0.25) is 0 Å². The Morgan fingerprint density at radius 2 is 1.67 bits per heavy atom. The molecule has 1 aliphatic rings. The lowest BCUT2D eigenvalue weighted by Gasteiger charge is -2.33. The lowest BCUT2D eigenvalue weighted by atomic mass is 9.81. The molecule has 1 amide bonds. The van der Waals surface area contributed by atoms with Crippen LogP contribution in [0.5, 0.6) is 0 Å². The summed E-state index contributed by atoms with van der Waals surface area (Å²) in [4.78, 5) is 24.6. The van der Waals surface area contributed by atoms with Gasteiger partial charge in [0.05, 0.1) is 5.69 Å². The number of anilines is 1. The summed E-state index contributed by atoms with van der Waals surface area (Å²) < 4.78 is 40.0. The predicted octanol–water partition coefficient (Wildman–Crippen LogP) is 3.93. The van der Waals surface area contributed by atoms with E-state index >= 15 is 0 Å². The quantitative estimate of drug-likeness (QED) is 0.681. The number of nitrogen functional groups attached to an aromatic ring is 1. The third kappa shape index (κ3) is 3.64. The van der Waals surface area contributed by atoms with Crippen LogP contribution < -0.4 is 11.1 Å². The van der Waals surface area contributed by atoms with Crippen LogP contribution in [0, 0.1) is 17.5 Å². The smallest absolute Gasteiger partial charge is 0.329 e. The Hall–Kier alpha value is -2.55. The Bertz CT molecular complexity index is 884. The van der Waals surface area contributed by atoms with Crippen LogP contribution in [0.2, 0.25) is 0 Å². The van der Waals surface area contributed by atoms with Gasteiger partial charge in [0.25, 0.3) is 5.91 Å². The molecular formula is C18H17F3N2O3S. The van der Waals surface area contributed by atoms with Gasteiger partial charge >= 0.3 is 5.97 Å². The van der Waals surface area contributed by atoms with Gasteiger partial charge in [-0.1, -0.05) is 19.3 Å². The molecular weight excluding hydrogens is 381 g/mol. The standard InChI is InChI=1S/C18H17F3N2O3S/c19-10-6-9(7-11(20)14(10)21)13-8-12(22)15(27-13)16(24)23-18(17(25)26)4-2-1-3-5-18/h6-8H,1-5,22H2,(H,23,24)(H,25,26). The van der Waals surface area contributed by atoms with E-state index in [0.29, 0.717) is 25.7 Å². The van der Waals surface area contributed by atoms with Crippen LogP contribution >= 0.6 is 11.3 Å². The number of hydrogen-bond donors (Lipinski definition) is 3. The van der Waals surface area contributed by atoms with Crippen molar-refractivity contribution in [3.63, 3.8) is 0 Å². The molecule has 1 saturated carbocycles. The summed E-state index contributed by atoms with van der Waals surface area (Å²) in [5.74, 6) is -6.04. The zero-order valence-corrected chi connectivity index (χ0v) is 15.0. The van der Waals surface area contributed by atoms with Crippen LogP contribution in [0.1, 0.15) is 41.8 Å². The first-order chi connectivity index (χ1) is 12.7. The zero-order valence-electron chi connectivity index (χ0n) is 14.2. The first-order valence-corrected chi connectivity index (χ1v) is 9.15. The van der Waals surface area contributed by atoms with Crippen LogP contribution in [0.25, 0.3) is 10.4 Å². The van der Waals surface area contributed by atoms with E-state index in [1.54, 1.807) is 0 Å². The summed E-state index contributed by atoms with van der Waals surface area (Å²) in [7, 11) is 0. The Morgan fingerprint density at radius 1 is 1.07 bits per heavy atom. The van der Waals surface area contributed by atoms with Crippen molar-refractivity contribution in [1.82, 2.24) is 5.32 Å². The number of benzene rings is 1. The molecule has 144 valence electrons. The van der Waals surface area contributed by atoms with E-state index in [4.69, 9.17) is 5.73 Å². The minimum atomic E-state index is -1.58. The molecule has 1 aromatic heterocycles. The Balaban J connectivity index is 1.90. The minimum absolute atomic E-state index is 0.0350. The SMILES string of the molecule is Nc1cc(-c2cc(F)c(F)c(F)c2)sc1C(=O)NC1(C(=O)O)CCCCC1. The fourth-order valence-corrected chi connectivity index (χ4v) is 4.21. The number of amides is 1. The highest BCUT2D eigenvalue weighted by Gasteiger charge is 2.41. The van der Waals surface area contributed by atoms with Gasteiger partial charge in [-0.25, -0.2) is 18.0 Å². The van der Waals surface area contributed by atoms with Crippen molar-refractivity contribution in [3.8, 4) is 10.4 Å². The average molecular weight is 398 g/mol. The van der Waals surface area contributed by atoms with Crippen LogP contribution in [0.4, 0.5) is 18.9 Å². The van der Waals surface area contributed by atoms with E-state index in [1.807, 2.05) is 0 Å². The van der Waals surface area contributed by atoms with Crippen molar-refractivity contribution in [3.05, 3.63) is 40.5 Å². The van der Waals surface area contributed by atoms with Crippen molar-refractivity contribution in [2.24, 2.45) is 0 Å². The van der Waals surface area contributed by atoms with E-state index in [1.165, 1.54) is 6.07 Å². The normalized spacial score (nSPS) is 16.1. The van der Waals surface area contributed by atoms with Crippen LogP contribution in [-0.4, -0.2) is 22.5 Å². The van der Waals surface area contributed by atoms with Crippen molar-refractivity contribution in [1.29, 1.82) is 0 Å². The maximum atomic E-state index is 13.5. The second kappa shape index (κ2) is 7.22. The number of halogens is 3. The van der Waals surface area contributed by atoms with Gasteiger partial charge < -0.3 is 16.2 Å². The highest BCUT2D eigenvalue weighted by atomic mass is 32.1. The number of nitrogens with one attached hydrogen (secondary N) is 1. The molecule has 2 aromatic rings. The van der Waals surface area contributed by atoms with Gasteiger partial charge in [-0.15, -0.1) is 11.3 Å². The second-order valence-corrected chi connectivity index (χ2v) is 7.60. The molecule has 1 fully saturated rings. The number of rotatable bonds is 4. The first-order valence-electron chi connectivity index (χ1n) is 8.33. The molecule has 0 aliphatic heterocycles. The molecule has 0 radical (unpaired) electrons. The van der Waals surface area contributed by atoms with Gasteiger partial charge in [-0.05, 0) is 36.6 Å². The van der Waals surface area contributed by atoms with E-state index in [2.05, 4.69) is 5.32 Å². The summed E-state index contributed by atoms with van der Waals surface area (Å²) in [5.41, 5.74) is 4.59. The molecule has 0 bridgehead atoms. The molecule has 1 heterocycles. The van der Waals surface area contributed by atoms with E-state index in [0.717, 1.165) is 29.9 Å². The highest BCUT2D eigenvalue weighted by Crippen LogP contribution is 2.36. The fraction of sp³-hybridized carbons (Fsp3) is 0.333. The first kappa shape index (κ1) is 19.2. The lowest BCUT2D eigenvalue weighted by Crippen LogP contribution is -2.55. The molecule has 27 heavy (non-hydrogen) atoms. The molecule has 5 nitrogen and oxygen atoms in total. The van der Waals surface area contributed by atoms with E-state index in [9.17, 15) is 27.9 Å². The Morgan fingerprint density at radius 3 is 2.22 bits per heavy atom. The number of carboxylic acids is 1. The molecule has 0 saturated heterocycles. The number of nitrogens with two attached hydrogens (primary N) is 1. The topological polar surface area (TPSA) is 92.4 Å². The fourth-order valence-electron chi connectivity index (χ4n) is 3.24. The van der Waals surface area contributed by atoms with Crippen LogP contribution in [0.15, 0.2) is 18.2 Å². The summed E-state index contributed by atoms with van der Waals surface area (Å²) >= 11 is 0.857. The molecule has 0 spiro atoms. The maximum Gasteiger partial charge on any atom is 0.329 e. The number of carbonyl (C=O) groups excluding carboxylic acids is 1. The minimum Gasteiger partial charge on any atom is -0.480 e. The molecule has 9 heteroatoms. The molecule has 4 N–H and O–H groups in total. The third-order valence-electron chi connectivity index (χ3n) is 4.70. The van der Waals surface area contributed by atoms with Gasteiger partial charge in [-0.3, -0.25) is 4.79 Å². The third-order valence-corrected chi connectivity index (χ3v) is 5.90. The van der Waals surface area contributed by atoms with Crippen molar-refractivity contribution in [2.45, 2.75) is 37.6 Å². The van der Waals surface area contributed by atoms with Gasteiger partial charge in [0.15, 0.2) is 17.5 Å².